The Morgan fingerprint density at radius 3 is 2.86 bits per heavy atom. The van der Waals surface area contributed by atoms with E-state index in [1.165, 1.54) is 17.8 Å². The number of furan rings is 1. The van der Waals surface area contributed by atoms with E-state index in [9.17, 15) is 14.9 Å². The molecule has 0 aliphatic carbocycles. The number of hydrogen-bond acceptors (Lipinski definition) is 5. The molecule has 0 fully saturated rings. The maximum Gasteiger partial charge on any atom is 0.283 e. The van der Waals surface area contributed by atoms with Gasteiger partial charge in [0.05, 0.1) is 16.1 Å². The van der Waals surface area contributed by atoms with E-state index in [1.807, 2.05) is 6.07 Å². The first-order valence-corrected chi connectivity index (χ1v) is 7.47. The Hall–Kier alpha value is -2.28. The van der Waals surface area contributed by atoms with Crippen LogP contribution in [0.4, 0.5) is 5.69 Å². The van der Waals surface area contributed by atoms with Crippen LogP contribution in [0.15, 0.2) is 45.9 Å². The summed E-state index contributed by atoms with van der Waals surface area (Å²) in [5.41, 5.74) is 0.222. The zero-order valence-corrected chi connectivity index (χ0v) is 12.2. The van der Waals surface area contributed by atoms with E-state index in [0.717, 1.165) is 5.76 Å². The molecule has 0 aliphatic heterocycles. The molecule has 1 heterocycles. The molecule has 0 bridgehead atoms. The van der Waals surface area contributed by atoms with Crippen molar-refractivity contribution in [2.24, 2.45) is 0 Å². The molecule has 1 aromatic carbocycles. The predicted octanol–water partition coefficient (Wildman–Crippen LogP) is 2.88. The molecule has 0 saturated heterocycles. The van der Waals surface area contributed by atoms with Crippen LogP contribution in [0.3, 0.4) is 0 Å². The van der Waals surface area contributed by atoms with Gasteiger partial charge in [-0.05, 0) is 30.5 Å². The highest BCUT2D eigenvalue weighted by Gasteiger charge is 2.16. The fourth-order valence-corrected chi connectivity index (χ4v) is 2.38. The summed E-state index contributed by atoms with van der Waals surface area (Å²) in [5.74, 6) is 0.441. The normalized spacial score (nSPS) is 10.3. The van der Waals surface area contributed by atoms with E-state index < -0.39 is 4.92 Å². The van der Waals surface area contributed by atoms with E-state index in [4.69, 9.17) is 4.42 Å². The summed E-state index contributed by atoms with van der Waals surface area (Å²) in [7, 11) is 0. The van der Waals surface area contributed by atoms with Crippen molar-refractivity contribution in [3.8, 4) is 0 Å². The van der Waals surface area contributed by atoms with Crippen molar-refractivity contribution in [1.82, 2.24) is 5.32 Å². The summed E-state index contributed by atoms with van der Waals surface area (Å²) in [6.07, 6.45) is 3.90. The van der Waals surface area contributed by atoms with Gasteiger partial charge in [0.25, 0.3) is 11.6 Å². The molecule has 0 saturated carbocycles. The van der Waals surface area contributed by atoms with Crippen LogP contribution in [-0.2, 0) is 6.42 Å². The minimum absolute atomic E-state index is 0.0545. The number of carbonyl (C=O) groups excluding carboxylic acids is 1. The first-order valence-electron chi connectivity index (χ1n) is 6.25. The fraction of sp³-hybridized carbons (Fsp3) is 0.214. The summed E-state index contributed by atoms with van der Waals surface area (Å²) in [6.45, 7) is 0.407. The molecule has 0 spiro atoms. The van der Waals surface area contributed by atoms with Crippen LogP contribution in [0.25, 0.3) is 0 Å². The van der Waals surface area contributed by atoms with Crippen LogP contribution < -0.4 is 5.32 Å². The topological polar surface area (TPSA) is 85.4 Å². The van der Waals surface area contributed by atoms with E-state index >= 15 is 0 Å². The largest absolute Gasteiger partial charge is 0.469 e. The lowest BCUT2D eigenvalue weighted by Gasteiger charge is -2.05. The highest BCUT2D eigenvalue weighted by molar-refractivity contribution is 7.98. The number of nitro benzene ring substituents is 1. The molecule has 2 aromatic rings. The van der Waals surface area contributed by atoms with Gasteiger partial charge in [0.1, 0.15) is 5.76 Å². The molecule has 6 nitrogen and oxygen atoms in total. The average Bonchev–Trinajstić information content (AvgIpc) is 2.99. The minimum Gasteiger partial charge on any atom is -0.469 e. The third-order valence-electron chi connectivity index (χ3n) is 2.87. The number of amides is 1. The molecule has 0 unspecified atom stereocenters. The molecule has 2 rings (SSSR count). The number of thioether (sulfide) groups is 1. The van der Waals surface area contributed by atoms with Crippen LogP contribution in [0.5, 0.6) is 0 Å². The third-order valence-corrected chi connectivity index (χ3v) is 3.66. The van der Waals surface area contributed by atoms with Crippen molar-refractivity contribution in [2.75, 3.05) is 12.8 Å². The summed E-state index contributed by atoms with van der Waals surface area (Å²) in [5, 5.41) is 13.7. The second-order valence-corrected chi connectivity index (χ2v) is 5.08. The van der Waals surface area contributed by atoms with Crippen molar-refractivity contribution >= 4 is 23.4 Å². The molecular formula is C14H14N2O4S. The molecule has 110 valence electrons. The highest BCUT2D eigenvalue weighted by Crippen LogP contribution is 2.28. The summed E-state index contributed by atoms with van der Waals surface area (Å²) in [6, 6.07) is 8.07. The van der Waals surface area contributed by atoms with E-state index in [0.29, 0.717) is 17.9 Å². The van der Waals surface area contributed by atoms with Crippen LogP contribution in [0, 0.1) is 10.1 Å². The Morgan fingerprint density at radius 2 is 2.24 bits per heavy atom. The van der Waals surface area contributed by atoms with Gasteiger partial charge in [-0.1, -0.05) is 0 Å². The molecule has 1 aromatic heterocycles. The molecule has 0 atom stereocenters. The van der Waals surface area contributed by atoms with Crippen LogP contribution in [0.1, 0.15) is 16.1 Å². The quantitative estimate of drug-likeness (QED) is 0.504. The average molecular weight is 306 g/mol. The van der Waals surface area contributed by atoms with Gasteiger partial charge in [0.15, 0.2) is 0 Å². The maximum atomic E-state index is 12.0. The zero-order chi connectivity index (χ0) is 15.2. The maximum absolute atomic E-state index is 12.0. The molecular weight excluding hydrogens is 292 g/mol. The number of nitrogens with one attached hydrogen (secondary N) is 1. The number of nitrogens with zero attached hydrogens (tertiary/aromatic N) is 1. The molecule has 21 heavy (non-hydrogen) atoms. The third kappa shape index (κ3) is 3.85. The van der Waals surface area contributed by atoms with Crippen LogP contribution in [0.2, 0.25) is 0 Å². The Morgan fingerprint density at radius 1 is 1.43 bits per heavy atom. The van der Waals surface area contributed by atoms with E-state index in [2.05, 4.69) is 5.32 Å². The SMILES string of the molecule is CSc1ccc(C(=O)NCCc2ccco2)cc1[N+](=O)[O-]. The monoisotopic (exact) mass is 306 g/mol. The van der Waals surface area contributed by atoms with Gasteiger partial charge in [0, 0.05) is 24.6 Å². The van der Waals surface area contributed by atoms with Gasteiger partial charge in [-0.15, -0.1) is 11.8 Å². The lowest BCUT2D eigenvalue weighted by molar-refractivity contribution is -0.387. The summed E-state index contributed by atoms with van der Waals surface area (Å²) < 4.78 is 5.16. The second kappa shape index (κ2) is 6.94. The summed E-state index contributed by atoms with van der Waals surface area (Å²) in [4.78, 5) is 23.0. The molecule has 7 heteroatoms. The molecule has 0 aliphatic rings. The number of carbonyl (C=O) groups is 1. The van der Waals surface area contributed by atoms with Crippen molar-refractivity contribution < 1.29 is 14.1 Å². The van der Waals surface area contributed by atoms with Crippen molar-refractivity contribution in [2.45, 2.75) is 11.3 Å². The lowest BCUT2D eigenvalue weighted by atomic mass is 10.2. The Balaban J connectivity index is 2.01. The summed E-state index contributed by atoms with van der Waals surface area (Å²) >= 11 is 1.27. The Bertz CT molecular complexity index is 640. The number of benzene rings is 1. The first-order chi connectivity index (χ1) is 10.1. The van der Waals surface area contributed by atoms with Gasteiger partial charge in [-0.25, -0.2) is 0 Å². The minimum atomic E-state index is -0.481. The molecule has 1 amide bonds. The lowest BCUT2D eigenvalue weighted by Crippen LogP contribution is -2.25. The van der Waals surface area contributed by atoms with E-state index in [1.54, 1.807) is 30.7 Å². The second-order valence-electron chi connectivity index (χ2n) is 4.23. The zero-order valence-electron chi connectivity index (χ0n) is 11.4. The van der Waals surface area contributed by atoms with Gasteiger partial charge in [0.2, 0.25) is 0 Å². The fourth-order valence-electron chi connectivity index (χ4n) is 1.83. The number of rotatable bonds is 6. The first kappa shape index (κ1) is 15.1. The predicted molar refractivity (Wildman–Crippen MR) is 79.6 cm³/mol. The molecule has 0 radical (unpaired) electrons. The standard InChI is InChI=1S/C14H14N2O4S/c1-21-13-5-4-10(9-12(13)16(18)19)14(17)15-7-6-11-3-2-8-20-11/h2-5,8-9H,6-7H2,1H3,(H,15,17). The van der Waals surface area contributed by atoms with Gasteiger partial charge >= 0.3 is 0 Å². The Labute approximate surface area is 125 Å². The van der Waals surface area contributed by atoms with Crippen molar-refractivity contribution in [3.05, 3.63) is 58.0 Å². The van der Waals surface area contributed by atoms with Gasteiger partial charge < -0.3 is 9.73 Å². The Kier molecular flexibility index (Phi) is 4.99. The number of nitro groups is 1. The van der Waals surface area contributed by atoms with Crippen molar-refractivity contribution in [3.63, 3.8) is 0 Å². The van der Waals surface area contributed by atoms with Crippen LogP contribution in [-0.4, -0.2) is 23.6 Å². The van der Waals surface area contributed by atoms with Gasteiger partial charge in [-0.2, -0.15) is 0 Å². The number of hydrogen-bond donors (Lipinski definition) is 1. The van der Waals surface area contributed by atoms with Gasteiger partial charge in [-0.3, -0.25) is 14.9 Å². The van der Waals surface area contributed by atoms with Crippen LogP contribution >= 0.6 is 11.8 Å². The highest BCUT2D eigenvalue weighted by atomic mass is 32.2. The van der Waals surface area contributed by atoms with E-state index in [-0.39, 0.29) is 17.2 Å². The molecule has 1 N–H and O–H groups in total. The smallest absolute Gasteiger partial charge is 0.283 e. The van der Waals surface area contributed by atoms with Crippen molar-refractivity contribution in [1.29, 1.82) is 0 Å².